The summed E-state index contributed by atoms with van der Waals surface area (Å²) < 4.78 is 24.1. The van der Waals surface area contributed by atoms with Gasteiger partial charge in [0, 0.05) is 33.1 Å². The lowest BCUT2D eigenvalue weighted by Crippen LogP contribution is -2.35. The molecule has 1 aliphatic heterocycles. The lowest BCUT2D eigenvalue weighted by atomic mass is 10.1. The molecule has 0 aromatic rings. The zero-order chi connectivity index (χ0) is 14.5. The summed E-state index contributed by atoms with van der Waals surface area (Å²) in [6.45, 7) is 6.30. The van der Waals surface area contributed by atoms with Crippen LogP contribution in [0.1, 0.15) is 19.8 Å². The van der Waals surface area contributed by atoms with Crippen LogP contribution in [0.3, 0.4) is 0 Å². The third kappa shape index (κ3) is 6.35. The van der Waals surface area contributed by atoms with Gasteiger partial charge in [0.1, 0.15) is 0 Å². The van der Waals surface area contributed by atoms with Gasteiger partial charge in [0.25, 0.3) is 0 Å². The third-order valence-corrected chi connectivity index (χ3v) is 4.21. The number of nitrogens with one attached hydrogen (secondary N) is 1. The Labute approximate surface area is 116 Å². The monoisotopic (exact) mass is 291 g/mol. The molecule has 112 valence electrons. The smallest absolute Gasteiger partial charge is 0.223 e. The largest absolute Gasteiger partial charge is 0.345 e. The number of rotatable bonds is 7. The maximum absolute atomic E-state index is 11.8. The lowest BCUT2D eigenvalue weighted by molar-refractivity contribution is -0.130. The molecule has 6 nitrogen and oxygen atoms in total. The van der Waals surface area contributed by atoms with Crippen LogP contribution in [0.5, 0.6) is 0 Å². The fourth-order valence-electron chi connectivity index (χ4n) is 2.37. The Balaban J connectivity index is 2.25. The average molecular weight is 291 g/mol. The Morgan fingerprint density at radius 3 is 2.68 bits per heavy atom. The van der Waals surface area contributed by atoms with E-state index in [4.69, 9.17) is 0 Å². The van der Waals surface area contributed by atoms with Gasteiger partial charge in [-0.1, -0.05) is 6.92 Å². The van der Waals surface area contributed by atoms with Gasteiger partial charge in [-0.05, 0) is 25.4 Å². The van der Waals surface area contributed by atoms with E-state index in [1.807, 2.05) is 0 Å². The Morgan fingerprint density at radius 1 is 1.47 bits per heavy atom. The van der Waals surface area contributed by atoms with E-state index in [9.17, 15) is 13.2 Å². The minimum Gasteiger partial charge on any atom is -0.345 e. The highest BCUT2D eigenvalue weighted by molar-refractivity contribution is 7.88. The van der Waals surface area contributed by atoms with Crippen molar-refractivity contribution in [2.45, 2.75) is 19.8 Å². The topological polar surface area (TPSA) is 69.7 Å². The van der Waals surface area contributed by atoms with Gasteiger partial charge in [-0.2, -0.15) is 0 Å². The molecule has 0 radical (unpaired) electrons. The van der Waals surface area contributed by atoms with Crippen LogP contribution in [-0.4, -0.2) is 70.2 Å². The van der Waals surface area contributed by atoms with Crippen LogP contribution in [0.2, 0.25) is 0 Å². The summed E-state index contributed by atoms with van der Waals surface area (Å²) >= 11 is 0. The van der Waals surface area contributed by atoms with E-state index in [2.05, 4.69) is 16.5 Å². The minimum atomic E-state index is -3.21. The second-order valence-corrected chi connectivity index (χ2v) is 7.07. The Bertz CT molecular complexity index is 397. The fourth-order valence-corrected chi connectivity index (χ4v) is 2.85. The summed E-state index contributed by atoms with van der Waals surface area (Å²) in [6.07, 6.45) is 2.44. The lowest BCUT2D eigenvalue weighted by Gasteiger charge is -2.21. The van der Waals surface area contributed by atoms with Crippen LogP contribution >= 0.6 is 0 Å². The molecule has 0 unspecified atom stereocenters. The molecular weight excluding hydrogens is 266 g/mol. The highest BCUT2D eigenvalue weighted by Crippen LogP contribution is 2.16. The molecule has 0 saturated carbocycles. The van der Waals surface area contributed by atoms with Gasteiger partial charge in [-0.15, -0.1) is 0 Å². The molecular formula is C12H25N3O3S. The molecule has 1 amide bonds. The van der Waals surface area contributed by atoms with Crippen LogP contribution in [0.25, 0.3) is 0 Å². The van der Waals surface area contributed by atoms with Crippen molar-refractivity contribution in [3.05, 3.63) is 0 Å². The van der Waals surface area contributed by atoms with Crippen molar-refractivity contribution in [3.63, 3.8) is 0 Å². The van der Waals surface area contributed by atoms with Crippen molar-refractivity contribution in [1.29, 1.82) is 0 Å². The zero-order valence-electron chi connectivity index (χ0n) is 12.1. The van der Waals surface area contributed by atoms with E-state index >= 15 is 0 Å². The summed E-state index contributed by atoms with van der Waals surface area (Å²) in [6, 6.07) is 0. The van der Waals surface area contributed by atoms with Crippen molar-refractivity contribution < 1.29 is 13.2 Å². The first kappa shape index (κ1) is 16.4. The summed E-state index contributed by atoms with van der Waals surface area (Å²) in [5.41, 5.74) is 0. The van der Waals surface area contributed by atoms with E-state index in [0.717, 1.165) is 38.9 Å². The molecule has 1 atom stereocenters. The molecule has 1 heterocycles. The van der Waals surface area contributed by atoms with Crippen LogP contribution < -0.4 is 4.72 Å². The SMILES string of the molecule is CCN1CC[C@@H](CN(C)C(=O)CCNS(C)(=O)=O)C1. The molecule has 0 aliphatic carbocycles. The van der Waals surface area contributed by atoms with Crippen LogP contribution in [0.4, 0.5) is 0 Å². The molecule has 1 saturated heterocycles. The summed E-state index contributed by atoms with van der Waals surface area (Å²) in [4.78, 5) is 15.9. The van der Waals surface area contributed by atoms with Gasteiger partial charge in [0.2, 0.25) is 15.9 Å². The predicted octanol–water partition coefficient (Wildman–Crippen LogP) is -0.274. The highest BCUT2D eigenvalue weighted by Gasteiger charge is 2.23. The number of hydrogen-bond acceptors (Lipinski definition) is 4. The number of hydrogen-bond donors (Lipinski definition) is 1. The molecule has 0 bridgehead atoms. The first-order chi connectivity index (χ1) is 8.81. The van der Waals surface area contributed by atoms with E-state index in [0.29, 0.717) is 5.92 Å². The summed E-state index contributed by atoms with van der Waals surface area (Å²) in [5.74, 6) is 0.530. The van der Waals surface area contributed by atoms with Gasteiger partial charge in [-0.3, -0.25) is 4.79 Å². The van der Waals surface area contributed by atoms with E-state index < -0.39 is 10.0 Å². The van der Waals surface area contributed by atoms with Crippen molar-refractivity contribution in [2.75, 3.05) is 46.0 Å². The summed E-state index contributed by atoms with van der Waals surface area (Å²) in [5, 5.41) is 0. The Morgan fingerprint density at radius 2 is 2.16 bits per heavy atom. The number of nitrogens with zero attached hydrogens (tertiary/aromatic N) is 2. The van der Waals surface area contributed by atoms with Gasteiger partial charge >= 0.3 is 0 Å². The van der Waals surface area contributed by atoms with Crippen molar-refractivity contribution >= 4 is 15.9 Å². The van der Waals surface area contributed by atoms with Crippen molar-refractivity contribution in [3.8, 4) is 0 Å². The van der Waals surface area contributed by atoms with Crippen molar-refractivity contribution in [2.24, 2.45) is 5.92 Å². The number of likely N-dealkylation sites (tertiary alicyclic amines) is 1. The molecule has 1 aliphatic rings. The molecule has 7 heteroatoms. The van der Waals surface area contributed by atoms with E-state index in [1.165, 1.54) is 0 Å². The Hall–Kier alpha value is -0.660. The minimum absolute atomic E-state index is 0.00824. The highest BCUT2D eigenvalue weighted by atomic mass is 32.2. The first-order valence-corrected chi connectivity index (χ1v) is 8.62. The molecule has 0 aromatic carbocycles. The zero-order valence-corrected chi connectivity index (χ0v) is 12.9. The number of carbonyl (C=O) groups excluding carboxylic acids is 1. The molecule has 1 N–H and O–H groups in total. The molecule has 0 aromatic heterocycles. The van der Waals surface area contributed by atoms with Crippen LogP contribution in [0.15, 0.2) is 0 Å². The quantitative estimate of drug-likeness (QED) is 0.701. The van der Waals surface area contributed by atoms with Crippen molar-refractivity contribution in [1.82, 2.24) is 14.5 Å². The van der Waals surface area contributed by atoms with Gasteiger partial charge in [-0.25, -0.2) is 13.1 Å². The maximum Gasteiger partial charge on any atom is 0.223 e. The Kier molecular flexibility index (Phi) is 6.22. The average Bonchev–Trinajstić information content (AvgIpc) is 2.74. The fraction of sp³-hybridized carbons (Fsp3) is 0.917. The standard InChI is InChI=1S/C12H25N3O3S/c1-4-15-8-6-11(10-15)9-14(2)12(16)5-7-13-19(3,17)18/h11,13H,4-10H2,1-3H3/t11-/m0/s1. The molecule has 19 heavy (non-hydrogen) atoms. The van der Waals surface area contributed by atoms with Crippen LogP contribution in [0, 0.1) is 5.92 Å². The number of amides is 1. The normalized spacial score (nSPS) is 20.7. The van der Waals surface area contributed by atoms with Gasteiger partial charge < -0.3 is 9.80 Å². The second-order valence-electron chi connectivity index (χ2n) is 5.24. The predicted molar refractivity (Wildman–Crippen MR) is 75.3 cm³/mol. The second kappa shape index (κ2) is 7.21. The number of carbonyl (C=O) groups is 1. The third-order valence-electron chi connectivity index (χ3n) is 3.48. The summed E-state index contributed by atoms with van der Waals surface area (Å²) in [7, 11) is -1.42. The van der Waals surface area contributed by atoms with Gasteiger partial charge in [0.05, 0.1) is 6.26 Å². The first-order valence-electron chi connectivity index (χ1n) is 6.72. The maximum atomic E-state index is 11.8. The van der Waals surface area contributed by atoms with Gasteiger partial charge in [0.15, 0.2) is 0 Å². The molecule has 1 rings (SSSR count). The number of sulfonamides is 1. The molecule has 1 fully saturated rings. The van der Waals surface area contributed by atoms with Crippen LogP contribution in [-0.2, 0) is 14.8 Å². The van der Waals surface area contributed by atoms with E-state index in [-0.39, 0.29) is 18.9 Å². The van der Waals surface area contributed by atoms with E-state index in [1.54, 1.807) is 11.9 Å². The molecule has 0 spiro atoms.